The number of ether oxygens (including phenoxy) is 2. The molecule has 0 heterocycles. The highest BCUT2D eigenvalue weighted by Gasteiger charge is 2.28. The molecular weight excluding hydrogens is 396 g/mol. The SMILES string of the molecule is Cc1ccc2c3c(cccc13)CC(OC(=O)OC1Cc3cccc4c(C)ccc(c34)C1)C2. The zero-order chi connectivity index (χ0) is 21.8. The van der Waals surface area contributed by atoms with Crippen LogP contribution >= 0.6 is 0 Å². The first-order chi connectivity index (χ1) is 15.6. The van der Waals surface area contributed by atoms with Crippen molar-refractivity contribution in [1.82, 2.24) is 0 Å². The molecule has 2 unspecified atom stereocenters. The highest BCUT2D eigenvalue weighted by Crippen LogP contribution is 2.34. The lowest BCUT2D eigenvalue weighted by molar-refractivity contribution is -0.00188. The van der Waals surface area contributed by atoms with E-state index in [0.29, 0.717) is 0 Å². The summed E-state index contributed by atoms with van der Waals surface area (Å²) in [5, 5.41) is 5.25. The molecule has 0 bridgehead atoms. The molecule has 0 radical (unpaired) electrons. The predicted molar refractivity (Wildman–Crippen MR) is 127 cm³/mol. The number of rotatable bonds is 2. The number of benzene rings is 4. The van der Waals surface area contributed by atoms with Gasteiger partial charge in [-0.2, -0.15) is 0 Å². The first-order valence-corrected chi connectivity index (χ1v) is 11.4. The molecule has 2 aliphatic carbocycles. The Balaban J connectivity index is 1.18. The zero-order valence-corrected chi connectivity index (χ0v) is 18.5. The molecule has 0 amide bonds. The summed E-state index contributed by atoms with van der Waals surface area (Å²) in [5.41, 5.74) is 7.56. The Morgan fingerprint density at radius 3 is 1.47 bits per heavy atom. The van der Waals surface area contributed by atoms with Gasteiger partial charge in [-0.3, -0.25) is 0 Å². The normalized spacial score (nSPS) is 19.2. The maximum absolute atomic E-state index is 12.8. The molecule has 3 nitrogen and oxygen atoms in total. The van der Waals surface area contributed by atoms with Crippen LogP contribution in [0.25, 0.3) is 21.5 Å². The van der Waals surface area contributed by atoms with Crippen LogP contribution in [0.1, 0.15) is 33.4 Å². The molecule has 0 spiro atoms. The lowest BCUT2D eigenvalue weighted by Gasteiger charge is -2.28. The Labute approximate surface area is 188 Å². The van der Waals surface area contributed by atoms with Crippen LogP contribution in [0, 0.1) is 13.8 Å². The van der Waals surface area contributed by atoms with E-state index in [1.54, 1.807) is 0 Å². The lowest BCUT2D eigenvalue weighted by Crippen LogP contribution is -2.31. The van der Waals surface area contributed by atoms with Gasteiger partial charge in [0.2, 0.25) is 0 Å². The van der Waals surface area contributed by atoms with Gasteiger partial charge in [-0.1, -0.05) is 60.7 Å². The van der Waals surface area contributed by atoms with Gasteiger partial charge >= 0.3 is 6.16 Å². The molecule has 0 N–H and O–H groups in total. The molecule has 2 atom stereocenters. The third kappa shape index (κ3) is 3.15. The number of hydrogen-bond acceptors (Lipinski definition) is 3. The fourth-order valence-electron chi connectivity index (χ4n) is 5.69. The average molecular weight is 423 g/mol. The van der Waals surface area contributed by atoms with Crippen molar-refractivity contribution in [3.05, 3.63) is 94.0 Å². The van der Waals surface area contributed by atoms with Crippen molar-refractivity contribution in [2.45, 2.75) is 51.7 Å². The van der Waals surface area contributed by atoms with E-state index < -0.39 is 6.16 Å². The summed E-state index contributed by atoms with van der Waals surface area (Å²) >= 11 is 0. The van der Waals surface area contributed by atoms with E-state index >= 15 is 0 Å². The van der Waals surface area contributed by atoms with Crippen molar-refractivity contribution in [3.8, 4) is 0 Å². The Morgan fingerprint density at radius 1 is 0.625 bits per heavy atom. The van der Waals surface area contributed by atoms with Crippen molar-refractivity contribution >= 4 is 27.7 Å². The van der Waals surface area contributed by atoms with Gasteiger partial charge in [0.15, 0.2) is 0 Å². The summed E-state index contributed by atoms with van der Waals surface area (Å²) in [6, 6.07) is 21.5. The van der Waals surface area contributed by atoms with Crippen LogP contribution < -0.4 is 0 Å². The molecule has 3 heteroatoms. The van der Waals surface area contributed by atoms with Crippen LogP contribution in [-0.4, -0.2) is 18.4 Å². The fraction of sp³-hybridized carbons (Fsp3) is 0.276. The maximum atomic E-state index is 12.8. The minimum atomic E-state index is -0.550. The van der Waals surface area contributed by atoms with Gasteiger partial charge < -0.3 is 9.47 Å². The molecular formula is C29H26O3. The molecule has 0 fully saturated rings. The number of hydrogen-bond donors (Lipinski definition) is 0. The second-order valence-electron chi connectivity index (χ2n) is 9.31. The first kappa shape index (κ1) is 19.4. The van der Waals surface area contributed by atoms with E-state index in [-0.39, 0.29) is 12.2 Å². The van der Waals surface area contributed by atoms with Crippen molar-refractivity contribution in [2.24, 2.45) is 0 Å². The summed E-state index contributed by atoms with van der Waals surface area (Å²) in [6.45, 7) is 4.29. The van der Waals surface area contributed by atoms with Crippen LogP contribution in [0.2, 0.25) is 0 Å². The third-order valence-corrected chi connectivity index (χ3v) is 7.18. The van der Waals surface area contributed by atoms with Crippen molar-refractivity contribution in [3.63, 3.8) is 0 Å². The number of carbonyl (C=O) groups excluding carboxylic acids is 1. The van der Waals surface area contributed by atoms with Crippen LogP contribution in [0.5, 0.6) is 0 Å². The maximum Gasteiger partial charge on any atom is 0.508 e. The zero-order valence-electron chi connectivity index (χ0n) is 18.5. The van der Waals surface area contributed by atoms with E-state index in [0.717, 1.165) is 25.7 Å². The van der Waals surface area contributed by atoms with Gasteiger partial charge in [0.25, 0.3) is 0 Å². The van der Waals surface area contributed by atoms with Crippen molar-refractivity contribution < 1.29 is 14.3 Å². The Kier molecular flexibility index (Phi) is 4.46. The molecule has 0 saturated heterocycles. The summed E-state index contributed by atoms with van der Waals surface area (Å²) in [4.78, 5) is 12.8. The van der Waals surface area contributed by atoms with Crippen LogP contribution in [0.15, 0.2) is 60.7 Å². The Bertz CT molecular complexity index is 1250. The molecule has 32 heavy (non-hydrogen) atoms. The summed E-state index contributed by atoms with van der Waals surface area (Å²) < 4.78 is 11.7. The van der Waals surface area contributed by atoms with E-state index in [1.807, 2.05) is 0 Å². The molecule has 2 aliphatic rings. The van der Waals surface area contributed by atoms with Gasteiger partial charge in [0.1, 0.15) is 12.2 Å². The second kappa shape index (κ2) is 7.37. The highest BCUT2D eigenvalue weighted by molar-refractivity contribution is 5.93. The minimum Gasteiger partial charge on any atom is -0.430 e. The first-order valence-electron chi connectivity index (χ1n) is 11.4. The molecule has 4 aromatic rings. The predicted octanol–water partition coefficient (Wildman–Crippen LogP) is 6.40. The Morgan fingerprint density at radius 2 is 1.03 bits per heavy atom. The standard InChI is InChI=1S/C29H26O3/c1-17-9-11-21-15-23(13-19-5-3-7-25(17)27(19)21)31-29(30)32-24-14-20-6-4-8-26-18(2)10-12-22(16-24)28(20)26/h3-12,23-24H,13-16H2,1-2H3. The molecule has 0 aliphatic heterocycles. The monoisotopic (exact) mass is 422 g/mol. The Hall–Kier alpha value is -3.33. The van der Waals surface area contributed by atoms with Gasteiger partial charge in [-0.25, -0.2) is 4.79 Å². The summed E-state index contributed by atoms with van der Waals surface area (Å²) in [7, 11) is 0. The fourth-order valence-corrected chi connectivity index (χ4v) is 5.69. The molecule has 4 aromatic carbocycles. The van der Waals surface area contributed by atoms with E-state index in [1.165, 1.54) is 54.9 Å². The number of carbonyl (C=O) groups is 1. The quantitative estimate of drug-likeness (QED) is 0.351. The van der Waals surface area contributed by atoms with Crippen LogP contribution in [0.3, 0.4) is 0 Å². The lowest BCUT2D eigenvalue weighted by atomic mass is 9.85. The van der Waals surface area contributed by atoms with Crippen LogP contribution in [0.4, 0.5) is 4.79 Å². The van der Waals surface area contributed by atoms with Crippen molar-refractivity contribution in [1.29, 1.82) is 0 Å². The largest absolute Gasteiger partial charge is 0.508 e. The molecule has 6 rings (SSSR count). The molecule has 0 saturated carbocycles. The topological polar surface area (TPSA) is 35.5 Å². The smallest absolute Gasteiger partial charge is 0.430 e. The minimum absolute atomic E-state index is 0.190. The highest BCUT2D eigenvalue weighted by atomic mass is 16.7. The molecule has 0 aromatic heterocycles. The van der Waals surface area contributed by atoms with E-state index in [9.17, 15) is 4.79 Å². The molecule has 160 valence electrons. The number of aryl methyl sites for hydroxylation is 2. The van der Waals surface area contributed by atoms with Gasteiger partial charge in [0, 0.05) is 25.7 Å². The van der Waals surface area contributed by atoms with Gasteiger partial charge in [-0.05, 0) is 68.8 Å². The average Bonchev–Trinajstić information content (AvgIpc) is 2.78. The van der Waals surface area contributed by atoms with Gasteiger partial charge in [-0.15, -0.1) is 0 Å². The van der Waals surface area contributed by atoms with Crippen LogP contribution in [-0.2, 0) is 35.2 Å². The van der Waals surface area contributed by atoms with Crippen molar-refractivity contribution in [2.75, 3.05) is 0 Å². The summed E-state index contributed by atoms with van der Waals surface area (Å²) in [6.07, 6.45) is 1.99. The van der Waals surface area contributed by atoms with Gasteiger partial charge in [0.05, 0.1) is 0 Å². The second-order valence-corrected chi connectivity index (χ2v) is 9.31. The third-order valence-electron chi connectivity index (χ3n) is 7.18. The van der Waals surface area contributed by atoms with E-state index in [4.69, 9.17) is 9.47 Å². The van der Waals surface area contributed by atoms with E-state index in [2.05, 4.69) is 74.5 Å². The summed E-state index contributed by atoms with van der Waals surface area (Å²) in [5.74, 6) is 0.